The molecule has 0 radical (unpaired) electrons. The first kappa shape index (κ1) is 28.7. The number of aromatic nitrogens is 1. The second-order valence-electron chi connectivity index (χ2n) is 10.9. The van der Waals surface area contributed by atoms with Crippen molar-refractivity contribution in [2.75, 3.05) is 33.4 Å². The number of carbonyl (C=O) groups is 1. The highest BCUT2D eigenvalue weighted by Gasteiger charge is 2.20. The lowest BCUT2D eigenvalue weighted by Gasteiger charge is -2.32. The second kappa shape index (κ2) is 14.2. The minimum absolute atomic E-state index is 0.0897. The number of likely N-dealkylation sites (tertiary alicyclic amines) is 1. The molecule has 0 atom stereocenters. The monoisotopic (exact) mass is 557 g/mol. The first-order valence-corrected chi connectivity index (χ1v) is 14.6. The van der Waals surface area contributed by atoms with E-state index in [2.05, 4.69) is 27.0 Å². The zero-order valence-electron chi connectivity index (χ0n) is 23.9. The number of amides is 1. The van der Waals surface area contributed by atoms with Gasteiger partial charge in [0.25, 0.3) is 0 Å². The van der Waals surface area contributed by atoms with Crippen LogP contribution < -0.4 is 14.8 Å². The van der Waals surface area contributed by atoms with E-state index < -0.39 is 0 Å². The number of nitrogens with one attached hydrogen (secondary N) is 1. The van der Waals surface area contributed by atoms with Crippen LogP contribution in [-0.4, -0.2) is 48.7 Å². The third-order valence-electron chi connectivity index (χ3n) is 8.01. The van der Waals surface area contributed by atoms with Crippen molar-refractivity contribution in [1.29, 1.82) is 0 Å². The van der Waals surface area contributed by atoms with Crippen molar-refractivity contribution in [2.24, 2.45) is 5.92 Å². The van der Waals surface area contributed by atoms with Crippen molar-refractivity contribution in [3.8, 4) is 11.5 Å². The highest BCUT2D eigenvalue weighted by molar-refractivity contribution is 5.92. The average molecular weight is 558 g/mol. The van der Waals surface area contributed by atoms with Crippen molar-refractivity contribution in [2.45, 2.75) is 45.2 Å². The molecule has 41 heavy (non-hydrogen) atoms. The molecule has 6 nitrogen and oxygen atoms in total. The summed E-state index contributed by atoms with van der Waals surface area (Å²) < 4.78 is 27.3. The Morgan fingerprint density at radius 3 is 2.59 bits per heavy atom. The van der Waals surface area contributed by atoms with Gasteiger partial charge in [-0.2, -0.15) is 0 Å². The molecule has 216 valence electrons. The van der Waals surface area contributed by atoms with Gasteiger partial charge in [0.1, 0.15) is 17.3 Å². The number of rotatable bonds is 13. The molecule has 1 saturated heterocycles. The van der Waals surface area contributed by atoms with Gasteiger partial charge in [-0.1, -0.05) is 42.5 Å². The fourth-order valence-electron chi connectivity index (χ4n) is 5.79. The van der Waals surface area contributed by atoms with Crippen LogP contribution in [0.25, 0.3) is 10.9 Å². The van der Waals surface area contributed by atoms with Gasteiger partial charge in [0.15, 0.2) is 0 Å². The van der Waals surface area contributed by atoms with Crippen molar-refractivity contribution >= 4 is 16.8 Å². The minimum atomic E-state index is -0.301. The van der Waals surface area contributed by atoms with Crippen LogP contribution in [0.1, 0.15) is 36.8 Å². The maximum atomic E-state index is 13.5. The van der Waals surface area contributed by atoms with Crippen molar-refractivity contribution in [3.05, 3.63) is 95.9 Å². The molecule has 5 rings (SSSR count). The fraction of sp³-hybridized carbons (Fsp3) is 0.382. The quantitative estimate of drug-likeness (QED) is 0.212. The van der Waals surface area contributed by atoms with E-state index in [0.29, 0.717) is 6.54 Å². The van der Waals surface area contributed by atoms with Crippen LogP contribution >= 0.6 is 0 Å². The van der Waals surface area contributed by atoms with Crippen LogP contribution in [0.5, 0.6) is 11.5 Å². The first-order valence-electron chi connectivity index (χ1n) is 14.6. The number of hydrogen-bond acceptors (Lipinski definition) is 4. The Hall–Kier alpha value is -3.84. The molecule has 1 fully saturated rings. The Bertz CT molecular complexity index is 1410. The number of aryl methyl sites for hydroxylation is 1. The van der Waals surface area contributed by atoms with Gasteiger partial charge >= 0.3 is 0 Å². The maximum Gasteiger partial charge on any atom is 0.224 e. The Balaban J connectivity index is 1.12. The van der Waals surface area contributed by atoms with Crippen LogP contribution in [0, 0.1) is 11.7 Å². The van der Waals surface area contributed by atoms with E-state index >= 15 is 0 Å². The van der Waals surface area contributed by atoms with E-state index in [1.807, 2.05) is 48.5 Å². The summed E-state index contributed by atoms with van der Waals surface area (Å²) in [6.45, 7) is 5.24. The maximum absolute atomic E-state index is 13.5. The molecule has 1 N–H and O–H groups in total. The van der Waals surface area contributed by atoms with Gasteiger partial charge in [0, 0.05) is 24.7 Å². The molecule has 1 amide bonds. The van der Waals surface area contributed by atoms with Crippen LogP contribution in [-0.2, 0) is 24.3 Å². The van der Waals surface area contributed by atoms with Crippen LogP contribution in [0.15, 0.2) is 79.0 Å². The third kappa shape index (κ3) is 7.88. The van der Waals surface area contributed by atoms with Crippen molar-refractivity contribution in [1.82, 2.24) is 14.8 Å². The van der Waals surface area contributed by atoms with E-state index in [9.17, 15) is 9.18 Å². The standard InChI is InChI=1S/C34H40FN3O3/c1-40-32-13-6-12-31-28(23-33(39)36-24-27-8-5-9-29(35)22-27)25-38(34(31)32)18-7-17-37-19-14-26(15-20-37)16-21-41-30-10-3-2-4-11-30/h2-6,8-13,22,25-26H,7,14-21,23-24H2,1H3,(H,36,39). The molecular weight excluding hydrogens is 517 g/mol. The molecule has 0 spiro atoms. The van der Waals surface area contributed by atoms with Gasteiger partial charge in [-0.15, -0.1) is 0 Å². The van der Waals surface area contributed by atoms with E-state index in [1.54, 1.807) is 13.2 Å². The lowest BCUT2D eigenvalue weighted by Crippen LogP contribution is -2.35. The lowest BCUT2D eigenvalue weighted by molar-refractivity contribution is -0.120. The topological polar surface area (TPSA) is 55.7 Å². The molecule has 3 aromatic carbocycles. The molecule has 1 aliphatic heterocycles. The number of fused-ring (bicyclic) bond motifs is 1. The summed E-state index contributed by atoms with van der Waals surface area (Å²) in [6.07, 6.45) is 6.91. The van der Waals surface area contributed by atoms with Gasteiger partial charge in [-0.25, -0.2) is 4.39 Å². The van der Waals surface area contributed by atoms with Gasteiger partial charge in [0.05, 0.1) is 25.7 Å². The molecule has 4 aromatic rings. The fourth-order valence-corrected chi connectivity index (χ4v) is 5.79. The SMILES string of the molecule is COc1cccc2c(CC(=O)NCc3cccc(F)c3)cn(CCCN3CCC(CCOc4ccccc4)CC3)c12. The Morgan fingerprint density at radius 1 is 1.00 bits per heavy atom. The van der Waals surface area contributed by atoms with E-state index in [4.69, 9.17) is 9.47 Å². The van der Waals surface area contributed by atoms with Crippen LogP contribution in [0.2, 0.25) is 0 Å². The van der Waals surface area contributed by atoms with Crippen molar-refractivity contribution in [3.63, 3.8) is 0 Å². The summed E-state index contributed by atoms with van der Waals surface area (Å²) in [6, 6.07) is 22.4. The highest BCUT2D eigenvalue weighted by Crippen LogP contribution is 2.31. The van der Waals surface area contributed by atoms with E-state index in [1.165, 1.54) is 25.0 Å². The zero-order valence-corrected chi connectivity index (χ0v) is 23.9. The summed E-state index contributed by atoms with van der Waals surface area (Å²) in [5.41, 5.74) is 2.74. The molecule has 0 unspecified atom stereocenters. The largest absolute Gasteiger partial charge is 0.495 e. The Kier molecular flexibility index (Phi) is 9.91. The number of halogens is 1. The molecule has 0 aliphatic carbocycles. The van der Waals surface area contributed by atoms with Gasteiger partial charge in [0.2, 0.25) is 5.91 Å². The summed E-state index contributed by atoms with van der Waals surface area (Å²) >= 11 is 0. The zero-order chi connectivity index (χ0) is 28.4. The van der Waals surface area contributed by atoms with Crippen molar-refractivity contribution < 1.29 is 18.7 Å². The number of ether oxygens (including phenoxy) is 2. The number of hydrogen-bond donors (Lipinski definition) is 1. The van der Waals surface area contributed by atoms with E-state index in [-0.39, 0.29) is 18.1 Å². The van der Waals surface area contributed by atoms with Gasteiger partial charge < -0.3 is 24.3 Å². The Morgan fingerprint density at radius 2 is 1.80 bits per heavy atom. The normalized spacial score (nSPS) is 14.3. The number of nitrogens with zero attached hydrogens (tertiary/aromatic N) is 2. The van der Waals surface area contributed by atoms with Gasteiger partial charge in [-0.3, -0.25) is 4.79 Å². The van der Waals surface area contributed by atoms with Crippen LogP contribution in [0.4, 0.5) is 4.39 Å². The molecular formula is C34H40FN3O3. The number of carbonyl (C=O) groups excluding carboxylic acids is 1. The summed E-state index contributed by atoms with van der Waals surface area (Å²) in [7, 11) is 1.69. The Labute approximate surface area is 242 Å². The molecule has 0 saturated carbocycles. The summed E-state index contributed by atoms with van der Waals surface area (Å²) in [4.78, 5) is 15.4. The predicted octanol–water partition coefficient (Wildman–Crippen LogP) is 6.22. The lowest BCUT2D eigenvalue weighted by atomic mass is 9.94. The summed E-state index contributed by atoms with van der Waals surface area (Å²) in [5, 5.41) is 3.96. The first-order chi connectivity index (χ1) is 20.1. The number of methoxy groups -OCH3 is 1. The molecule has 0 bridgehead atoms. The summed E-state index contributed by atoms with van der Waals surface area (Å²) in [5.74, 6) is 2.10. The molecule has 1 aliphatic rings. The second-order valence-corrected chi connectivity index (χ2v) is 10.9. The molecule has 2 heterocycles. The highest BCUT2D eigenvalue weighted by atomic mass is 19.1. The number of piperidine rings is 1. The number of benzene rings is 3. The smallest absolute Gasteiger partial charge is 0.224 e. The minimum Gasteiger partial charge on any atom is -0.495 e. The third-order valence-corrected chi connectivity index (χ3v) is 8.01. The molecule has 1 aromatic heterocycles. The average Bonchev–Trinajstić information content (AvgIpc) is 3.34. The van der Waals surface area contributed by atoms with E-state index in [0.717, 1.165) is 85.1 Å². The van der Waals surface area contributed by atoms with Gasteiger partial charge in [-0.05, 0) is 92.7 Å². The number of para-hydroxylation sites is 2. The van der Waals surface area contributed by atoms with Crippen LogP contribution in [0.3, 0.4) is 0 Å². The predicted molar refractivity (Wildman–Crippen MR) is 161 cm³/mol. The molecule has 7 heteroatoms.